The van der Waals surface area contributed by atoms with Gasteiger partial charge in [-0.05, 0) is 25.0 Å². The van der Waals surface area contributed by atoms with E-state index in [-0.39, 0.29) is 18.4 Å². The number of allylic oxidation sites excluding steroid dienone is 1. The fraction of sp³-hybridized carbons (Fsp3) is 0.577. The maximum Gasteiger partial charge on any atom is 0.259 e. The van der Waals surface area contributed by atoms with Crippen LogP contribution in [0.2, 0.25) is 0 Å². The molecule has 0 aliphatic rings. The molecule has 0 aliphatic carbocycles. The Labute approximate surface area is 188 Å². The smallest absolute Gasteiger partial charge is 0.259 e. The van der Waals surface area contributed by atoms with Crippen molar-refractivity contribution in [1.82, 2.24) is 10.7 Å². The van der Waals surface area contributed by atoms with Crippen LogP contribution in [0.5, 0.6) is 0 Å². The van der Waals surface area contributed by atoms with E-state index in [1.807, 2.05) is 49.4 Å². The Morgan fingerprint density at radius 2 is 1.42 bits per heavy atom. The lowest BCUT2D eigenvalue weighted by atomic mass is 10.1. The van der Waals surface area contributed by atoms with Crippen molar-refractivity contribution in [2.75, 3.05) is 6.54 Å². The molecule has 0 aromatic heterocycles. The molecule has 1 aromatic rings. The van der Waals surface area contributed by atoms with Gasteiger partial charge in [-0.15, -0.1) is 0 Å². The number of nitrogens with zero attached hydrogens (tertiary/aromatic N) is 1. The summed E-state index contributed by atoms with van der Waals surface area (Å²) in [6, 6.07) is 9.88. The van der Waals surface area contributed by atoms with Crippen LogP contribution in [0.1, 0.15) is 96.5 Å². The number of unbranched alkanes of at least 4 members (excludes halogenated alkanes) is 10. The van der Waals surface area contributed by atoms with Crippen LogP contribution in [0, 0.1) is 0 Å². The minimum Gasteiger partial charge on any atom is -0.347 e. The summed E-state index contributed by atoms with van der Waals surface area (Å²) in [6.07, 6.45) is 18.1. The van der Waals surface area contributed by atoms with Crippen LogP contribution in [0.3, 0.4) is 0 Å². The molecule has 0 spiro atoms. The minimum absolute atomic E-state index is 0.0456. The van der Waals surface area contributed by atoms with Gasteiger partial charge in [0.05, 0.1) is 12.3 Å². The Morgan fingerprint density at radius 1 is 0.839 bits per heavy atom. The van der Waals surface area contributed by atoms with Crippen molar-refractivity contribution in [3.05, 3.63) is 42.0 Å². The minimum atomic E-state index is -0.320. The Balaban J connectivity index is 2.01. The number of carbonyl (C=O) groups excluding carboxylic acids is 2. The highest BCUT2D eigenvalue weighted by Crippen LogP contribution is 2.11. The summed E-state index contributed by atoms with van der Waals surface area (Å²) in [6.45, 7) is 4.01. The number of benzene rings is 1. The summed E-state index contributed by atoms with van der Waals surface area (Å²) in [7, 11) is 0. The molecule has 2 N–H and O–H groups in total. The molecule has 0 unspecified atom stereocenters. The molecule has 0 atom stereocenters. The Hall–Kier alpha value is -2.43. The standard InChI is InChI=1S/C26H41N3O2/c1-3-4-5-6-7-8-9-10-11-12-16-19-25(30)27-22-26(31)29-28-23(2)20-21-24-17-14-13-15-18-24/h13-15,17-18,20-21H,3-12,16,19,22H2,1-2H3,(H,27,30)(H,29,31)/b21-20+,28-23-. The molecule has 1 aromatic carbocycles. The van der Waals surface area contributed by atoms with Crippen LogP contribution < -0.4 is 10.7 Å². The topological polar surface area (TPSA) is 70.6 Å². The molecule has 1 rings (SSSR count). The molecule has 0 saturated heterocycles. The second-order valence-corrected chi connectivity index (χ2v) is 8.09. The summed E-state index contributed by atoms with van der Waals surface area (Å²) in [5.74, 6) is -0.393. The number of hydrogen-bond acceptors (Lipinski definition) is 3. The van der Waals surface area contributed by atoms with Crippen molar-refractivity contribution < 1.29 is 9.59 Å². The normalized spacial score (nSPS) is 11.6. The lowest BCUT2D eigenvalue weighted by Crippen LogP contribution is -2.35. The zero-order valence-electron chi connectivity index (χ0n) is 19.5. The molecule has 31 heavy (non-hydrogen) atoms. The Kier molecular flexibility index (Phi) is 15.7. The lowest BCUT2D eigenvalue weighted by molar-refractivity contribution is -0.126. The van der Waals surface area contributed by atoms with Crippen LogP contribution in [0.25, 0.3) is 6.08 Å². The predicted octanol–water partition coefficient (Wildman–Crippen LogP) is 6.01. The highest BCUT2D eigenvalue weighted by molar-refractivity contribution is 5.97. The van der Waals surface area contributed by atoms with Crippen molar-refractivity contribution in [3.8, 4) is 0 Å². The van der Waals surface area contributed by atoms with Crippen LogP contribution >= 0.6 is 0 Å². The van der Waals surface area contributed by atoms with E-state index in [2.05, 4.69) is 22.8 Å². The first kappa shape index (κ1) is 26.6. The first-order valence-corrected chi connectivity index (χ1v) is 11.9. The Morgan fingerprint density at radius 3 is 2.03 bits per heavy atom. The third kappa shape index (κ3) is 16.0. The summed E-state index contributed by atoms with van der Waals surface area (Å²) < 4.78 is 0. The number of nitrogens with one attached hydrogen (secondary N) is 2. The largest absolute Gasteiger partial charge is 0.347 e. The molecule has 0 fully saturated rings. The number of hydrazone groups is 1. The molecule has 0 aliphatic heterocycles. The molecule has 2 amide bonds. The first-order chi connectivity index (χ1) is 15.1. The second kappa shape index (κ2) is 18.3. The van der Waals surface area contributed by atoms with Crippen molar-refractivity contribution in [2.24, 2.45) is 5.10 Å². The zero-order chi connectivity index (χ0) is 22.6. The maximum absolute atomic E-state index is 11.9. The van der Waals surface area contributed by atoms with E-state index in [0.29, 0.717) is 12.1 Å². The molecule has 0 heterocycles. The summed E-state index contributed by atoms with van der Waals surface area (Å²) >= 11 is 0. The molecule has 0 radical (unpaired) electrons. The maximum atomic E-state index is 11.9. The molecule has 0 saturated carbocycles. The highest BCUT2D eigenvalue weighted by atomic mass is 16.2. The van der Waals surface area contributed by atoms with Crippen molar-refractivity contribution >= 4 is 23.6 Å². The van der Waals surface area contributed by atoms with E-state index >= 15 is 0 Å². The van der Waals surface area contributed by atoms with E-state index in [4.69, 9.17) is 0 Å². The molecule has 5 nitrogen and oxygen atoms in total. The van der Waals surface area contributed by atoms with Gasteiger partial charge in [0, 0.05) is 6.42 Å². The summed E-state index contributed by atoms with van der Waals surface area (Å²) in [5.41, 5.74) is 4.22. The lowest BCUT2D eigenvalue weighted by Gasteiger charge is -2.05. The first-order valence-electron chi connectivity index (χ1n) is 11.9. The van der Waals surface area contributed by atoms with Gasteiger partial charge < -0.3 is 5.32 Å². The van der Waals surface area contributed by atoms with Crippen molar-refractivity contribution in [2.45, 2.75) is 90.9 Å². The molecular weight excluding hydrogens is 386 g/mol. The van der Waals surface area contributed by atoms with Crippen LogP contribution in [-0.4, -0.2) is 24.1 Å². The molecule has 5 heteroatoms. The molecule has 0 bridgehead atoms. The fourth-order valence-corrected chi connectivity index (χ4v) is 3.23. The van der Waals surface area contributed by atoms with Gasteiger partial charge in [-0.2, -0.15) is 5.10 Å². The van der Waals surface area contributed by atoms with Gasteiger partial charge in [-0.1, -0.05) is 108 Å². The summed E-state index contributed by atoms with van der Waals surface area (Å²) in [4.78, 5) is 23.7. The van der Waals surface area contributed by atoms with Gasteiger partial charge in [0.2, 0.25) is 5.91 Å². The van der Waals surface area contributed by atoms with Gasteiger partial charge in [-0.3, -0.25) is 9.59 Å². The van der Waals surface area contributed by atoms with Crippen LogP contribution in [0.15, 0.2) is 41.5 Å². The Bertz CT molecular complexity index is 668. The van der Waals surface area contributed by atoms with E-state index < -0.39 is 0 Å². The predicted molar refractivity (Wildman–Crippen MR) is 131 cm³/mol. The van der Waals surface area contributed by atoms with Crippen LogP contribution in [-0.2, 0) is 9.59 Å². The van der Waals surface area contributed by atoms with Gasteiger partial charge in [-0.25, -0.2) is 5.43 Å². The third-order valence-electron chi connectivity index (χ3n) is 5.13. The summed E-state index contributed by atoms with van der Waals surface area (Å²) in [5, 5.41) is 6.69. The molecular formula is C26H41N3O2. The third-order valence-corrected chi connectivity index (χ3v) is 5.13. The van der Waals surface area contributed by atoms with E-state index in [1.54, 1.807) is 0 Å². The highest BCUT2D eigenvalue weighted by Gasteiger charge is 2.04. The van der Waals surface area contributed by atoms with Gasteiger partial charge in [0.15, 0.2) is 0 Å². The van der Waals surface area contributed by atoms with Gasteiger partial charge >= 0.3 is 0 Å². The van der Waals surface area contributed by atoms with E-state index in [1.165, 1.54) is 57.8 Å². The van der Waals surface area contributed by atoms with Gasteiger partial charge in [0.25, 0.3) is 5.91 Å². The second-order valence-electron chi connectivity index (χ2n) is 8.09. The number of rotatable bonds is 17. The monoisotopic (exact) mass is 427 g/mol. The van der Waals surface area contributed by atoms with E-state index in [9.17, 15) is 9.59 Å². The number of hydrogen-bond donors (Lipinski definition) is 2. The van der Waals surface area contributed by atoms with Crippen LogP contribution in [0.4, 0.5) is 0 Å². The fourth-order valence-electron chi connectivity index (χ4n) is 3.23. The number of carbonyl (C=O) groups is 2. The average Bonchev–Trinajstić information content (AvgIpc) is 2.79. The SMILES string of the molecule is CCCCCCCCCCCCCC(=O)NCC(=O)N/N=C(C)\C=C\c1ccccc1. The van der Waals surface area contributed by atoms with E-state index in [0.717, 1.165) is 18.4 Å². The zero-order valence-corrected chi connectivity index (χ0v) is 19.5. The quantitative estimate of drug-likeness (QED) is 0.182. The van der Waals surface area contributed by atoms with Crippen molar-refractivity contribution in [1.29, 1.82) is 0 Å². The number of amides is 2. The van der Waals surface area contributed by atoms with Crippen molar-refractivity contribution in [3.63, 3.8) is 0 Å². The average molecular weight is 428 g/mol. The van der Waals surface area contributed by atoms with Gasteiger partial charge in [0.1, 0.15) is 0 Å². The molecule has 172 valence electrons.